The lowest BCUT2D eigenvalue weighted by atomic mass is 10.0. The first kappa shape index (κ1) is 25.4. The van der Waals surface area contributed by atoms with Crippen molar-refractivity contribution in [2.24, 2.45) is 0 Å². The van der Waals surface area contributed by atoms with E-state index in [1.807, 2.05) is 35.2 Å². The molecule has 1 aliphatic heterocycles. The van der Waals surface area contributed by atoms with Gasteiger partial charge in [0, 0.05) is 46.1 Å². The van der Waals surface area contributed by atoms with Crippen LogP contribution in [0.25, 0.3) is 0 Å². The highest BCUT2D eigenvalue weighted by Gasteiger charge is 2.28. The number of hydrogen-bond acceptors (Lipinski definition) is 4. The van der Waals surface area contributed by atoms with Gasteiger partial charge in [-0.1, -0.05) is 48.5 Å². The molecule has 1 unspecified atom stereocenters. The maximum atomic E-state index is 14.1. The van der Waals surface area contributed by atoms with Gasteiger partial charge < -0.3 is 15.5 Å². The Kier molecular flexibility index (Phi) is 9.58. The molecule has 3 rings (SSSR count). The van der Waals surface area contributed by atoms with E-state index in [1.165, 1.54) is 18.6 Å². The number of halogens is 1. The average Bonchev–Trinajstić information content (AvgIpc) is 3.05. The Morgan fingerprint density at radius 1 is 0.971 bits per heavy atom. The summed E-state index contributed by atoms with van der Waals surface area (Å²) >= 11 is 0. The first-order chi connectivity index (χ1) is 16.4. The molecule has 2 aromatic rings. The molecule has 0 saturated carbocycles. The topological polar surface area (TPSA) is 81.8 Å². The predicted molar refractivity (Wildman–Crippen MR) is 129 cm³/mol. The van der Waals surface area contributed by atoms with Gasteiger partial charge in [-0.15, -0.1) is 0 Å². The number of amides is 3. The molecule has 1 aliphatic rings. The lowest BCUT2D eigenvalue weighted by Gasteiger charge is -2.27. The molecule has 3 amide bonds. The standard InChI is InChI=1S/C26H33FN4O3/c1-20(32)29-24(18-22-10-5-6-11-23(22)27)26(34)31-15-7-14-30(16-17-31)19-25(33)28-13-12-21-8-3-2-4-9-21/h2-6,8-11,24H,7,12-19H2,1H3,(H,28,33)(H,29,32). The quantitative estimate of drug-likeness (QED) is 0.588. The van der Waals surface area contributed by atoms with E-state index in [-0.39, 0.29) is 30.7 Å². The van der Waals surface area contributed by atoms with E-state index in [4.69, 9.17) is 0 Å². The molecule has 0 bridgehead atoms. The first-order valence-electron chi connectivity index (χ1n) is 11.7. The number of rotatable bonds is 9. The zero-order valence-electron chi connectivity index (χ0n) is 19.6. The van der Waals surface area contributed by atoms with Crippen LogP contribution in [0.15, 0.2) is 54.6 Å². The summed E-state index contributed by atoms with van der Waals surface area (Å²) in [6.45, 7) is 4.44. The Bertz CT molecular complexity index is 970. The first-order valence-corrected chi connectivity index (χ1v) is 11.7. The molecule has 182 valence electrons. The molecule has 2 aromatic carbocycles. The molecule has 2 N–H and O–H groups in total. The van der Waals surface area contributed by atoms with E-state index in [0.717, 1.165) is 12.8 Å². The third-order valence-electron chi connectivity index (χ3n) is 5.90. The molecule has 1 atom stereocenters. The molecule has 1 fully saturated rings. The molecule has 34 heavy (non-hydrogen) atoms. The molecule has 0 aromatic heterocycles. The van der Waals surface area contributed by atoms with Gasteiger partial charge in [0.05, 0.1) is 6.54 Å². The molecule has 7 nitrogen and oxygen atoms in total. The third kappa shape index (κ3) is 7.95. The summed E-state index contributed by atoms with van der Waals surface area (Å²) < 4.78 is 14.1. The van der Waals surface area contributed by atoms with Crippen molar-refractivity contribution in [1.82, 2.24) is 20.4 Å². The van der Waals surface area contributed by atoms with Gasteiger partial charge in [0.2, 0.25) is 17.7 Å². The van der Waals surface area contributed by atoms with Crippen LogP contribution >= 0.6 is 0 Å². The van der Waals surface area contributed by atoms with Crippen LogP contribution in [0.4, 0.5) is 4.39 Å². The molecule has 0 aliphatic carbocycles. The number of nitrogens with zero attached hydrogens (tertiary/aromatic N) is 2. The van der Waals surface area contributed by atoms with Crippen molar-refractivity contribution in [3.8, 4) is 0 Å². The van der Waals surface area contributed by atoms with E-state index in [0.29, 0.717) is 38.3 Å². The minimum Gasteiger partial charge on any atom is -0.355 e. The molecule has 8 heteroatoms. The fourth-order valence-electron chi connectivity index (χ4n) is 4.15. The summed E-state index contributed by atoms with van der Waals surface area (Å²) in [6.07, 6.45) is 1.59. The van der Waals surface area contributed by atoms with Gasteiger partial charge in [0.1, 0.15) is 11.9 Å². The van der Waals surface area contributed by atoms with Gasteiger partial charge >= 0.3 is 0 Å². The van der Waals surface area contributed by atoms with Crippen molar-refractivity contribution < 1.29 is 18.8 Å². The van der Waals surface area contributed by atoms with Gasteiger partial charge in [0.15, 0.2) is 0 Å². The molecule has 1 heterocycles. The van der Waals surface area contributed by atoms with Crippen LogP contribution in [-0.4, -0.2) is 72.8 Å². The van der Waals surface area contributed by atoms with Crippen LogP contribution in [-0.2, 0) is 27.2 Å². The smallest absolute Gasteiger partial charge is 0.245 e. The molecular formula is C26H33FN4O3. The van der Waals surface area contributed by atoms with Gasteiger partial charge in [-0.25, -0.2) is 4.39 Å². The number of benzene rings is 2. The minimum atomic E-state index is -0.831. The van der Waals surface area contributed by atoms with E-state index in [9.17, 15) is 18.8 Å². The number of hydrogen-bond donors (Lipinski definition) is 2. The van der Waals surface area contributed by atoms with Crippen molar-refractivity contribution in [2.45, 2.75) is 32.2 Å². The van der Waals surface area contributed by atoms with Gasteiger partial charge in [-0.05, 0) is 30.0 Å². The van der Waals surface area contributed by atoms with Crippen molar-refractivity contribution in [1.29, 1.82) is 0 Å². The summed E-state index contributed by atoms with van der Waals surface area (Å²) in [5, 5.41) is 5.64. The number of nitrogens with one attached hydrogen (secondary N) is 2. The molecule has 1 saturated heterocycles. The van der Waals surface area contributed by atoms with Crippen LogP contribution < -0.4 is 10.6 Å². The number of carbonyl (C=O) groups is 3. The number of carbonyl (C=O) groups excluding carboxylic acids is 3. The Balaban J connectivity index is 1.50. The Morgan fingerprint density at radius 3 is 2.44 bits per heavy atom. The normalized spacial score (nSPS) is 15.3. The highest BCUT2D eigenvalue weighted by Crippen LogP contribution is 2.12. The van der Waals surface area contributed by atoms with Crippen LogP contribution in [0.2, 0.25) is 0 Å². The van der Waals surface area contributed by atoms with Crippen LogP contribution in [0, 0.1) is 5.82 Å². The lowest BCUT2D eigenvalue weighted by Crippen LogP contribution is -2.50. The van der Waals surface area contributed by atoms with Gasteiger partial charge in [0.25, 0.3) is 0 Å². The van der Waals surface area contributed by atoms with Gasteiger partial charge in [-0.2, -0.15) is 0 Å². The van der Waals surface area contributed by atoms with Gasteiger partial charge in [-0.3, -0.25) is 19.3 Å². The third-order valence-corrected chi connectivity index (χ3v) is 5.90. The van der Waals surface area contributed by atoms with Crippen LogP contribution in [0.5, 0.6) is 0 Å². The summed E-state index contributed by atoms with van der Waals surface area (Å²) in [6, 6.07) is 15.4. The highest BCUT2D eigenvalue weighted by molar-refractivity contribution is 5.87. The summed E-state index contributed by atoms with van der Waals surface area (Å²) in [4.78, 5) is 41.0. The Hall–Kier alpha value is -3.26. The van der Waals surface area contributed by atoms with Crippen LogP contribution in [0.1, 0.15) is 24.5 Å². The fourth-order valence-corrected chi connectivity index (χ4v) is 4.15. The average molecular weight is 469 g/mol. The second-order valence-corrected chi connectivity index (χ2v) is 8.59. The van der Waals surface area contributed by atoms with Crippen LogP contribution in [0.3, 0.4) is 0 Å². The van der Waals surface area contributed by atoms with Crippen molar-refractivity contribution in [2.75, 3.05) is 39.3 Å². The summed E-state index contributed by atoms with van der Waals surface area (Å²) in [5.41, 5.74) is 1.56. The highest BCUT2D eigenvalue weighted by atomic mass is 19.1. The van der Waals surface area contributed by atoms with Crippen molar-refractivity contribution in [3.05, 3.63) is 71.5 Å². The lowest BCUT2D eigenvalue weighted by molar-refractivity contribution is -0.136. The molecule has 0 radical (unpaired) electrons. The SMILES string of the molecule is CC(=O)NC(Cc1ccccc1F)C(=O)N1CCCN(CC(=O)NCCc2ccccc2)CC1. The minimum absolute atomic E-state index is 0.0358. The second kappa shape index (κ2) is 12.8. The largest absolute Gasteiger partial charge is 0.355 e. The Morgan fingerprint density at radius 2 is 1.71 bits per heavy atom. The fraction of sp³-hybridized carbons (Fsp3) is 0.423. The molecule has 0 spiro atoms. The zero-order chi connectivity index (χ0) is 24.3. The predicted octanol–water partition coefficient (Wildman–Crippen LogP) is 1.77. The van der Waals surface area contributed by atoms with Crippen molar-refractivity contribution >= 4 is 17.7 Å². The summed E-state index contributed by atoms with van der Waals surface area (Å²) in [5.74, 6) is -0.997. The van der Waals surface area contributed by atoms with E-state index in [1.54, 1.807) is 23.1 Å². The van der Waals surface area contributed by atoms with E-state index < -0.39 is 11.9 Å². The maximum absolute atomic E-state index is 14.1. The molecular weight excluding hydrogens is 435 g/mol. The zero-order valence-corrected chi connectivity index (χ0v) is 19.6. The van der Waals surface area contributed by atoms with Crippen molar-refractivity contribution in [3.63, 3.8) is 0 Å². The van der Waals surface area contributed by atoms with E-state index in [2.05, 4.69) is 10.6 Å². The summed E-state index contributed by atoms with van der Waals surface area (Å²) in [7, 11) is 0. The van der Waals surface area contributed by atoms with E-state index >= 15 is 0 Å². The second-order valence-electron chi connectivity index (χ2n) is 8.59. The maximum Gasteiger partial charge on any atom is 0.245 e. The Labute approximate surface area is 200 Å². The monoisotopic (exact) mass is 468 g/mol.